The van der Waals surface area contributed by atoms with Gasteiger partial charge in [-0.25, -0.2) is 9.97 Å². The maximum absolute atomic E-state index is 13.7. The van der Waals surface area contributed by atoms with Crippen LogP contribution >= 0.6 is 0 Å². The Morgan fingerprint density at radius 2 is 1.71 bits per heavy atom. The number of nitrogens with one attached hydrogen (secondary N) is 4. The molecule has 0 spiro atoms. The number of benzene rings is 2. The van der Waals surface area contributed by atoms with E-state index in [-0.39, 0.29) is 17.7 Å². The summed E-state index contributed by atoms with van der Waals surface area (Å²) in [6.45, 7) is 4.23. The molecule has 2 fully saturated rings. The molecular formula is C32H39N11O2. The molecule has 0 unspecified atom stereocenters. The van der Waals surface area contributed by atoms with Crippen molar-refractivity contribution in [2.75, 3.05) is 42.9 Å². The highest BCUT2D eigenvalue weighted by Crippen LogP contribution is 2.29. The van der Waals surface area contributed by atoms with Gasteiger partial charge in [0.15, 0.2) is 0 Å². The van der Waals surface area contributed by atoms with Crippen LogP contribution in [0.25, 0.3) is 22.5 Å². The third-order valence-electron chi connectivity index (χ3n) is 8.68. The lowest BCUT2D eigenvalue weighted by atomic mass is 9.81. The quantitative estimate of drug-likeness (QED) is 0.179. The minimum atomic E-state index is -0.775. The molecule has 1 atom stereocenters. The maximum atomic E-state index is 13.7. The summed E-state index contributed by atoms with van der Waals surface area (Å²) >= 11 is 0. The van der Waals surface area contributed by atoms with Crippen molar-refractivity contribution in [2.45, 2.75) is 38.1 Å². The molecule has 2 aromatic heterocycles. The molecule has 13 heteroatoms. The van der Waals surface area contributed by atoms with Gasteiger partial charge in [0.2, 0.25) is 23.6 Å². The molecule has 3 heterocycles. The van der Waals surface area contributed by atoms with Gasteiger partial charge in [0.1, 0.15) is 6.04 Å². The molecule has 2 aliphatic rings. The lowest BCUT2D eigenvalue weighted by Crippen LogP contribution is -2.48. The number of nitrogens with zero attached hydrogens (tertiary/aromatic N) is 6. The number of hydrogen-bond acceptors (Lipinski definition) is 10. The van der Waals surface area contributed by atoms with Gasteiger partial charge in [-0.15, -0.1) is 10.2 Å². The number of aromatic nitrogens is 6. The van der Waals surface area contributed by atoms with E-state index in [0.29, 0.717) is 30.4 Å². The molecule has 45 heavy (non-hydrogen) atoms. The third kappa shape index (κ3) is 7.67. The first-order chi connectivity index (χ1) is 22.1. The molecule has 4 aromatic rings. The number of rotatable bonds is 10. The minimum absolute atomic E-state index is 0.0915. The average Bonchev–Trinajstić information content (AvgIpc) is 3.64. The summed E-state index contributed by atoms with van der Waals surface area (Å²) in [6.07, 6.45) is 7.41. The lowest BCUT2D eigenvalue weighted by Gasteiger charge is -2.28. The predicted octanol–water partition coefficient (Wildman–Crippen LogP) is 2.16. The first kappa shape index (κ1) is 30.3. The Labute approximate surface area is 261 Å². The van der Waals surface area contributed by atoms with Gasteiger partial charge in [-0.2, -0.15) is 5.21 Å². The molecule has 0 radical (unpaired) electrons. The van der Waals surface area contributed by atoms with Crippen molar-refractivity contribution in [3.05, 3.63) is 66.5 Å². The van der Waals surface area contributed by atoms with Crippen LogP contribution < -0.4 is 26.6 Å². The summed E-state index contributed by atoms with van der Waals surface area (Å²) in [6, 6.07) is 14.4. The zero-order valence-electron chi connectivity index (χ0n) is 25.2. The van der Waals surface area contributed by atoms with E-state index in [2.05, 4.69) is 51.4 Å². The van der Waals surface area contributed by atoms with Crippen LogP contribution in [0, 0.1) is 11.8 Å². The Balaban J connectivity index is 1.17. The molecular weight excluding hydrogens is 570 g/mol. The van der Waals surface area contributed by atoms with Gasteiger partial charge in [0, 0.05) is 67.7 Å². The van der Waals surface area contributed by atoms with Crippen LogP contribution in [0.4, 0.5) is 11.6 Å². The third-order valence-corrected chi connectivity index (χ3v) is 8.68. The monoisotopic (exact) mass is 609 g/mol. The topological polar surface area (TPSA) is 180 Å². The summed E-state index contributed by atoms with van der Waals surface area (Å²) in [7, 11) is 0. The Morgan fingerprint density at radius 1 is 0.956 bits per heavy atom. The van der Waals surface area contributed by atoms with E-state index in [0.717, 1.165) is 80.1 Å². The standard InChI is InChI=1S/C32H39N11O2/c33-18-21-4-6-24(7-5-21)30(44)38-28(31(45)37-27-10-8-23(9-11-27)29-39-41-42-40-29)17-22-2-1-3-25(16-22)26-19-35-32(36-20-26)43-14-12-34-13-15-43/h1-3,8-11,16,19-21,24,28,34H,4-7,12-15,17-18,33H2,(H,37,45)(H,38,44)(H,39,40,41,42)/t21?,24?,28-/m0/s1. The summed E-state index contributed by atoms with van der Waals surface area (Å²) in [5.41, 5.74) is 9.98. The number of anilines is 2. The van der Waals surface area contributed by atoms with Crippen LogP contribution in [0.1, 0.15) is 31.2 Å². The molecule has 6 N–H and O–H groups in total. The summed E-state index contributed by atoms with van der Waals surface area (Å²) in [5.74, 6) is 1.13. The number of carbonyl (C=O) groups excluding carboxylic acids is 2. The Hall–Kier alpha value is -4.75. The van der Waals surface area contributed by atoms with Crippen LogP contribution in [-0.4, -0.2) is 81.2 Å². The van der Waals surface area contributed by atoms with Gasteiger partial charge in [-0.1, -0.05) is 24.3 Å². The van der Waals surface area contributed by atoms with Gasteiger partial charge in [-0.3, -0.25) is 9.59 Å². The number of amides is 2. The maximum Gasteiger partial charge on any atom is 0.247 e. The van der Waals surface area contributed by atoms with E-state index in [4.69, 9.17) is 5.73 Å². The first-order valence-electron chi connectivity index (χ1n) is 15.6. The summed E-state index contributed by atoms with van der Waals surface area (Å²) in [4.78, 5) is 38.5. The molecule has 13 nitrogen and oxygen atoms in total. The second-order valence-electron chi connectivity index (χ2n) is 11.7. The summed E-state index contributed by atoms with van der Waals surface area (Å²) in [5, 5.41) is 23.4. The molecule has 234 valence electrons. The molecule has 6 rings (SSSR count). The Kier molecular flexibility index (Phi) is 9.66. The number of carbonyl (C=O) groups is 2. The van der Waals surface area contributed by atoms with Crippen molar-refractivity contribution >= 4 is 23.5 Å². The molecule has 1 saturated carbocycles. The van der Waals surface area contributed by atoms with Gasteiger partial charge in [0.05, 0.1) is 0 Å². The van der Waals surface area contributed by atoms with E-state index in [1.807, 2.05) is 48.8 Å². The number of H-pyrrole nitrogens is 1. The van der Waals surface area contributed by atoms with Crippen molar-refractivity contribution in [2.24, 2.45) is 17.6 Å². The number of tetrazole rings is 1. The highest BCUT2D eigenvalue weighted by atomic mass is 16.2. The van der Waals surface area contributed by atoms with Crippen molar-refractivity contribution in [1.29, 1.82) is 0 Å². The average molecular weight is 610 g/mol. The molecule has 1 aliphatic heterocycles. The SMILES string of the molecule is NCC1CCC(C(=O)N[C@@H](Cc2cccc(-c3cnc(N4CCNCC4)nc3)c2)C(=O)Nc2ccc(-c3nn[nH]n3)cc2)CC1. The van der Waals surface area contributed by atoms with Gasteiger partial charge < -0.3 is 26.6 Å². The lowest BCUT2D eigenvalue weighted by molar-refractivity contribution is -0.130. The zero-order chi connectivity index (χ0) is 31.0. The smallest absolute Gasteiger partial charge is 0.247 e. The molecule has 1 aliphatic carbocycles. The fourth-order valence-corrected chi connectivity index (χ4v) is 5.99. The fourth-order valence-electron chi connectivity index (χ4n) is 5.99. The largest absolute Gasteiger partial charge is 0.344 e. The van der Waals surface area contributed by atoms with Gasteiger partial charge >= 0.3 is 0 Å². The van der Waals surface area contributed by atoms with Gasteiger partial charge in [0.25, 0.3) is 0 Å². The van der Waals surface area contributed by atoms with E-state index >= 15 is 0 Å². The van der Waals surface area contributed by atoms with Crippen LogP contribution in [0.3, 0.4) is 0 Å². The van der Waals surface area contributed by atoms with Crippen LogP contribution in [-0.2, 0) is 16.0 Å². The van der Waals surface area contributed by atoms with E-state index in [1.54, 1.807) is 12.1 Å². The van der Waals surface area contributed by atoms with Gasteiger partial charge in [-0.05, 0) is 78.8 Å². The molecule has 2 aromatic carbocycles. The van der Waals surface area contributed by atoms with Crippen LogP contribution in [0.5, 0.6) is 0 Å². The normalized spacial score (nSPS) is 19.1. The van der Waals surface area contributed by atoms with Crippen molar-refractivity contribution in [1.82, 2.24) is 41.2 Å². The molecule has 2 amide bonds. The van der Waals surface area contributed by atoms with Crippen LogP contribution in [0.15, 0.2) is 60.9 Å². The molecule has 1 saturated heterocycles. The van der Waals surface area contributed by atoms with E-state index < -0.39 is 6.04 Å². The van der Waals surface area contributed by atoms with Crippen LogP contribution in [0.2, 0.25) is 0 Å². The number of piperazine rings is 1. The van der Waals surface area contributed by atoms with Crippen molar-refractivity contribution in [3.8, 4) is 22.5 Å². The first-order valence-corrected chi connectivity index (χ1v) is 15.6. The van der Waals surface area contributed by atoms with E-state index in [9.17, 15) is 9.59 Å². The van der Waals surface area contributed by atoms with E-state index in [1.165, 1.54) is 0 Å². The van der Waals surface area contributed by atoms with Crippen molar-refractivity contribution < 1.29 is 9.59 Å². The highest BCUT2D eigenvalue weighted by Gasteiger charge is 2.29. The predicted molar refractivity (Wildman–Crippen MR) is 171 cm³/mol. The highest BCUT2D eigenvalue weighted by molar-refractivity contribution is 5.97. The Bertz CT molecular complexity index is 1550. The van der Waals surface area contributed by atoms with Crippen molar-refractivity contribution in [3.63, 3.8) is 0 Å². The number of nitrogens with two attached hydrogens (primary N) is 1. The Morgan fingerprint density at radius 3 is 2.40 bits per heavy atom. The second kappa shape index (κ2) is 14.4. The minimum Gasteiger partial charge on any atom is -0.344 e. The number of hydrogen-bond donors (Lipinski definition) is 5. The summed E-state index contributed by atoms with van der Waals surface area (Å²) < 4.78 is 0. The fraction of sp³-hybridized carbons (Fsp3) is 0.406. The number of aromatic amines is 1. The zero-order valence-corrected chi connectivity index (χ0v) is 25.2. The molecule has 0 bridgehead atoms. The second-order valence-corrected chi connectivity index (χ2v) is 11.7.